The van der Waals surface area contributed by atoms with Crippen molar-refractivity contribution >= 4 is 12.6 Å². The van der Waals surface area contributed by atoms with Crippen molar-refractivity contribution in [2.24, 2.45) is 0 Å². The van der Waals surface area contributed by atoms with E-state index in [2.05, 4.69) is 9.97 Å². The molecule has 2 N–H and O–H groups in total. The highest BCUT2D eigenvalue weighted by Gasteiger charge is 2.16. The van der Waals surface area contributed by atoms with E-state index in [1.165, 1.54) is 0 Å². The number of aromatic nitrogens is 4. The number of hydrogen-bond acceptors (Lipinski definition) is 6. The standard InChI is InChI=1S/C26H19BN4O2/c32-27(33)22-13-7-12-21(17-22)26-30-24(18-8-2-1-3-9-18)29-25(31-26)20-11-6-10-19(16-20)23-14-4-5-15-28-23/h1-17,32-33H. The monoisotopic (exact) mass is 430 g/mol. The molecule has 5 aromatic rings. The molecule has 0 aliphatic carbocycles. The maximum Gasteiger partial charge on any atom is 0.488 e. The van der Waals surface area contributed by atoms with Gasteiger partial charge in [0.15, 0.2) is 17.5 Å². The Labute approximate surface area is 191 Å². The van der Waals surface area contributed by atoms with Crippen LogP contribution in [0.25, 0.3) is 45.4 Å². The van der Waals surface area contributed by atoms with E-state index in [0.29, 0.717) is 28.5 Å². The van der Waals surface area contributed by atoms with Gasteiger partial charge in [0.25, 0.3) is 0 Å². The van der Waals surface area contributed by atoms with Crippen LogP contribution in [-0.4, -0.2) is 37.1 Å². The molecule has 0 aliphatic rings. The normalized spacial score (nSPS) is 10.7. The summed E-state index contributed by atoms with van der Waals surface area (Å²) in [5.41, 5.74) is 4.55. The molecule has 3 aromatic carbocycles. The van der Waals surface area contributed by atoms with Gasteiger partial charge in [-0.1, -0.05) is 78.9 Å². The maximum atomic E-state index is 9.60. The molecule has 0 bridgehead atoms. The topological polar surface area (TPSA) is 92.0 Å². The van der Waals surface area contributed by atoms with Gasteiger partial charge >= 0.3 is 7.12 Å². The van der Waals surface area contributed by atoms with Crippen molar-refractivity contribution in [3.05, 3.63) is 103 Å². The third-order valence-corrected chi connectivity index (χ3v) is 5.19. The summed E-state index contributed by atoms with van der Waals surface area (Å²) in [5, 5.41) is 19.2. The molecule has 6 nitrogen and oxygen atoms in total. The van der Waals surface area contributed by atoms with Crippen molar-refractivity contribution in [2.75, 3.05) is 0 Å². The van der Waals surface area contributed by atoms with Crippen LogP contribution in [-0.2, 0) is 0 Å². The fourth-order valence-corrected chi connectivity index (χ4v) is 3.54. The van der Waals surface area contributed by atoms with Gasteiger partial charge in [0, 0.05) is 28.5 Å². The summed E-state index contributed by atoms with van der Waals surface area (Å²) in [5.74, 6) is 1.50. The highest BCUT2D eigenvalue weighted by Crippen LogP contribution is 2.27. The second-order valence-electron chi connectivity index (χ2n) is 7.47. The van der Waals surface area contributed by atoms with Gasteiger partial charge in [0.2, 0.25) is 0 Å². The van der Waals surface area contributed by atoms with Crippen LogP contribution in [0, 0.1) is 0 Å². The smallest absolute Gasteiger partial charge is 0.423 e. The van der Waals surface area contributed by atoms with E-state index in [1.54, 1.807) is 24.4 Å². The molecule has 0 radical (unpaired) electrons. The Bertz CT molecular complexity index is 1400. The highest BCUT2D eigenvalue weighted by molar-refractivity contribution is 6.58. The Hall–Kier alpha value is -4.20. The summed E-state index contributed by atoms with van der Waals surface area (Å²) in [6.45, 7) is 0. The van der Waals surface area contributed by atoms with Gasteiger partial charge in [0.05, 0.1) is 5.69 Å². The van der Waals surface area contributed by atoms with Crippen LogP contribution in [0.15, 0.2) is 103 Å². The van der Waals surface area contributed by atoms with Crippen LogP contribution < -0.4 is 5.46 Å². The minimum atomic E-state index is -1.57. The van der Waals surface area contributed by atoms with Crippen LogP contribution in [0.5, 0.6) is 0 Å². The highest BCUT2D eigenvalue weighted by atomic mass is 16.4. The molecule has 0 saturated heterocycles. The Morgan fingerprint density at radius 2 is 1.09 bits per heavy atom. The summed E-state index contributed by atoms with van der Waals surface area (Å²) < 4.78 is 0. The number of rotatable bonds is 5. The van der Waals surface area contributed by atoms with Crippen LogP contribution >= 0.6 is 0 Å². The summed E-state index contributed by atoms with van der Waals surface area (Å²) >= 11 is 0. The lowest BCUT2D eigenvalue weighted by Crippen LogP contribution is -2.29. The van der Waals surface area contributed by atoms with Gasteiger partial charge < -0.3 is 10.0 Å². The summed E-state index contributed by atoms with van der Waals surface area (Å²) in [7, 11) is -1.57. The molecule has 158 valence electrons. The Morgan fingerprint density at radius 1 is 0.515 bits per heavy atom. The number of hydrogen-bond donors (Lipinski definition) is 2. The zero-order chi connectivity index (χ0) is 22.6. The molecule has 0 atom stereocenters. The SMILES string of the molecule is OB(O)c1cccc(-c2nc(-c3ccccc3)nc(-c3cccc(-c4ccccn4)c3)n2)c1. The van der Waals surface area contributed by atoms with Crippen molar-refractivity contribution in [1.29, 1.82) is 0 Å². The van der Waals surface area contributed by atoms with Crippen LogP contribution in [0.1, 0.15) is 0 Å². The van der Waals surface area contributed by atoms with Crippen molar-refractivity contribution in [3.8, 4) is 45.4 Å². The molecule has 0 amide bonds. The van der Waals surface area contributed by atoms with E-state index >= 15 is 0 Å². The molecule has 5 rings (SSSR count). The molecule has 33 heavy (non-hydrogen) atoms. The third kappa shape index (κ3) is 4.55. The van der Waals surface area contributed by atoms with E-state index in [4.69, 9.17) is 9.97 Å². The van der Waals surface area contributed by atoms with Crippen LogP contribution in [0.3, 0.4) is 0 Å². The van der Waals surface area contributed by atoms with Gasteiger partial charge in [-0.15, -0.1) is 0 Å². The average molecular weight is 430 g/mol. The second-order valence-corrected chi connectivity index (χ2v) is 7.47. The molecule has 0 spiro atoms. The first-order valence-corrected chi connectivity index (χ1v) is 10.5. The fourth-order valence-electron chi connectivity index (χ4n) is 3.54. The first-order valence-electron chi connectivity index (χ1n) is 10.5. The van der Waals surface area contributed by atoms with Gasteiger partial charge in [0.1, 0.15) is 0 Å². The van der Waals surface area contributed by atoms with E-state index < -0.39 is 7.12 Å². The van der Waals surface area contributed by atoms with Gasteiger partial charge in [-0.3, -0.25) is 4.98 Å². The van der Waals surface area contributed by atoms with Crippen molar-refractivity contribution in [1.82, 2.24) is 19.9 Å². The molecular weight excluding hydrogens is 411 g/mol. The lowest BCUT2D eigenvalue weighted by molar-refractivity contribution is 0.426. The second kappa shape index (κ2) is 9.12. The maximum absolute atomic E-state index is 9.60. The number of pyridine rings is 1. The molecule has 0 fully saturated rings. The Kier molecular flexibility index (Phi) is 5.72. The summed E-state index contributed by atoms with van der Waals surface area (Å²) in [4.78, 5) is 18.6. The number of nitrogens with zero attached hydrogens (tertiary/aromatic N) is 4. The average Bonchev–Trinajstić information content (AvgIpc) is 2.89. The largest absolute Gasteiger partial charge is 0.488 e. The van der Waals surface area contributed by atoms with Gasteiger partial charge in [-0.05, 0) is 23.7 Å². The van der Waals surface area contributed by atoms with Crippen molar-refractivity contribution in [3.63, 3.8) is 0 Å². The Morgan fingerprint density at radius 3 is 1.76 bits per heavy atom. The fraction of sp³-hybridized carbons (Fsp3) is 0. The first-order chi connectivity index (χ1) is 16.2. The third-order valence-electron chi connectivity index (χ3n) is 5.19. The van der Waals surface area contributed by atoms with E-state index in [1.807, 2.05) is 78.9 Å². The van der Waals surface area contributed by atoms with Crippen LogP contribution in [0.4, 0.5) is 0 Å². The molecule has 0 unspecified atom stereocenters. The zero-order valence-electron chi connectivity index (χ0n) is 17.6. The van der Waals surface area contributed by atoms with E-state index in [-0.39, 0.29) is 0 Å². The summed E-state index contributed by atoms with van der Waals surface area (Å²) in [6, 6.07) is 30.3. The lowest BCUT2D eigenvalue weighted by atomic mass is 9.79. The molecule has 0 saturated carbocycles. The Balaban J connectivity index is 1.67. The molecule has 0 aliphatic heterocycles. The van der Waals surface area contributed by atoms with E-state index in [0.717, 1.165) is 22.4 Å². The minimum absolute atomic E-state index is 0.368. The molecular formula is C26H19BN4O2. The van der Waals surface area contributed by atoms with Crippen LogP contribution in [0.2, 0.25) is 0 Å². The minimum Gasteiger partial charge on any atom is -0.423 e. The van der Waals surface area contributed by atoms with Gasteiger partial charge in [-0.2, -0.15) is 0 Å². The molecule has 2 aromatic heterocycles. The molecule has 7 heteroatoms. The first kappa shape index (κ1) is 20.7. The predicted molar refractivity (Wildman–Crippen MR) is 129 cm³/mol. The van der Waals surface area contributed by atoms with Crippen molar-refractivity contribution in [2.45, 2.75) is 0 Å². The van der Waals surface area contributed by atoms with Gasteiger partial charge in [-0.25, -0.2) is 15.0 Å². The molecule has 2 heterocycles. The van der Waals surface area contributed by atoms with E-state index in [9.17, 15) is 10.0 Å². The summed E-state index contributed by atoms with van der Waals surface area (Å²) in [6.07, 6.45) is 1.76. The number of benzene rings is 3. The lowest BCUT2D eigenvalue weighted by Gasteiger charge is -2.10. The zero-order valence-corrected chi connectivity index (χ0v) is 17.6. The quantitative estimate of drug-likeness (QED) is 0.414. The van der Waals surface area contributed by atoms with Crippen molar-refractivity contribution < 1.29 is 10.0 Å². The predicted octanol–water partition coefficient (Wildman–Crippen LogP) is 3.61.